The van der Waals surface area contributed by atoms with Gasteiger partial charge >= 0.3 is 0 Å². The zero-order chi connectivity index (χ0) is 15.8. The lowest BCUT2D eigenvalue weighted by molar-refractivity contribution is -0.384. The monoisotopic (exact) mass is 313 g/mol. The fraction of sp³-hybridized carbons (Fsp3) is 0.462. The van der Waals surface area contributed by atoms with Gasteiger partial charge in [0.2, 0.25) is 0 Å². The molecule has 1 saturated heterocycles. The number of nitro groups is 1. The van der Waals surface area contributed by atoms with Crippen molar-refractivity contribution in [3.05, 3.63) is 32.8 Å². The normalized spacial score (nSPS) is 17.6. The average Bonchev–Trinajstić information content (AvgIpc) is 2.40. The molecule has 0 saturated carbocycles. The maximum Gasteiger partial charge on any atom is 0.271 e. The molecular weight excluding hydrogens is 298 g/mol. The predicted molar refractivity (Wildman–Crippen MR) is 78.3 cm³/mol. The maximum atomic E-state index is 12.4. The first kappa shape index (κ1) is 15.5. The summed E-state index contributed by atoms with van der Waals surface area (Å²) in [5, 5.41) is 20.7. The van der Waals surface area contributed by atoms with E-state index in [4.69, 9.17) is 17.3 Å². The van der Waals surface area contributed by atoms with Crippen LogP contribution in [0.25, 0.3) is 0 Å². The molecule has 3 N–H and O–H groups in total. The SMILES string of the molecule is CC1(O)CCN(C(=O)c2cc([N+](=O)[O-])cc(Cl)c2N)CC1. The molecule has 1 aliphatic heterocycles. The summed E-state index contributed by atoms with van der Waals surface area (Å²) in [6.45, 7) is 2.45. The van der Waals surface area contributed by atoms with E-state index in [0.717, 1.165) is 12.1 Å². The summed E-state index contributed by atoms with van der Waals surface area (Å²) in [6, 6.07) is 2.25. The molecule has 114 valence electrons. The first-order chi connectivity index (χ1) is 9.71. The Balaban J connectivity index is 2.29. The van der Waals surface area contributed by atoms with Gasteiger partial charge < -0.3 is 15.7 Å². The number of piperidine rings is 1. The lowest BCUT2D eigenvalue weighted by Gasteiger charge is -2.35. The number of carbonyl (C=O) groups excluding carboxylic acids is 1. The highest BCUT2D eigenvalue weighted by Crippen LogP contribution is 2.31. The van der Waals surface area contributed by atoms with E-state index in [-0.39, 0.29) is 22.0 Å². The molecule has 0 radical (unpaired) electrons. The fourth-order valence-corrected chi connectivity index (χ4v) is 2.46. The second-order valence-corrected chi connectivity index (χ2v) is 5.84. The first-order valence-electron chi connectivity index (χ1n) is 6.46. The zero-order valence-corrected chi connectivity index (χ0v) is 12.3. The number of nitrogens with two attached hydrogens (primary N) is 1. The minimum Gasteiger partial charge on any atom is -0.397 e. The number of aliphatic hydroxyl groups is 1. The van der Waals surface area contributed by atoms with Crippen molar-refractivity contribution in [2.75, 3.05) is 18.8 Å². The van der Waals surface area contributed by atoms with Gasteiger partial charge in [0.1, 0.15) is 0 Å². The van der Waals surface area contributed by atoms with Gasteiger partial charge in [-0.2, -0.15) is 0 Å². The third-order valence-corrected chi connectivity index (χ3v) is 4.00. The molecule has 8 heteroatoms. The summed E-state index contributed by atoms with van der Waals surface area (Å²) in [5.41, 5.74) is 4.75. The quantitative estimate of drug-likeness (QED) is 0.491. The Bertz CT molecular complexity index is 593. The second kappa shape index (κ2) is 5.50. The van der Waals surface area contributed by atoms with Crippen LogP contribution in [-0.4, -0.2) is 39.5 Å². The number of nitro benzene ring substituents is 1. The first-order valence-corrected chi connectivity index (χ1v) is 6.84. The molecule has 21 heavy (non-hydrogen) atoms. The van der Waals surface area contributed by atoms with E-state index in [1.54, 1.807) is 6.92 Å². The van der Waals surface area contributed by atoms with Crippen LogP contribution in [0, 0.1) is 10.1 Å². The van der Waals surface area contributed by atoms with Crippen molar-refractivity contribution in [3.8, 4) is 0 Å². The van der Waals surface area contributed by atoms with E-state index >= 15 is 0 Å². The zero-order valence-electron chi connectivity index (χ0n) is 11.5. The Morgan fingerprint density at radius 2 is 2.05 bits per heavy atom. The topological polar surface area (TPSA) is 110 Å². The third-order valence-electron chi connectivity index (χ3n) is 3.68. The highest BCUT2D eigenvalue weighted by atomic mass is 35.5. The lowest BCUT2D eigenvalue weighted by Crippen LogP contribution is -2.45. The molecule has 1 aromatic carbocycles. The van der Waals surface area contributed by atoms with Crippen LogP contribution in [0.5, 0.6) is 0 Å². The third kappa shape index (κ3) is 3.25. The van der Waals surface area contributed by atoms with Crippen molar-refractivity contribution in [1.82, 2.24) is 4.90 Å². The largest absolute Gasteiger partial charge is 0.397 e. The summed E-state index contributed by atoms with van der Waals surface area (Å²) in [5.74, 6) is -0.409. The molecule has 1 aromatic rings. The van der Waals surface area contributed by atoms with Gasteiger partial charge in [-0.15, -0.1) is 0 Å². The summed E-state index contributed by atoms with van der Waals surface area (Å²) in [6.07, 6.45) is 0.891. The molecule has 1 aliphatic rings. The maximum absolute atomic E-state index is 12.4. The van der Waals surface area contributed by atoms with Crippen molar-refractivity contribution in [2.24, 2.45) is 0 Å². The summed E-state index contributed by atoms with van der Waals surface area (Å²) >= 11 is 5.85. The predicted octanol–water partition coefficient (Wildman–Crippen LogP) is 1.82. The van der Waals surface area contributed by atoms with Crippen molar-refractivity contribution >= 4 is 28.9 Å². The van der Waals surface area contributed by atoms with Gasteiger partial charge in [0.25, 0.3) is 11.6 Å². The highest BCUT2D eigenvalue weighted by molar-refractivity contribution is 6.34. The van der Waals surface area contributed by atoms with Crippen LogP contribution in [0.1, 0.15) is 30.1 Å². The van der Waals surface area contributed by atoms with Crippen molar-refractivity contribution in [2.45, 2.75) is 25.4 Å². The van der Waals surface area contributed by atoms with E-state index in [2.05, 4.69) is 0 Å². The summed E-state index contributed by atoms with van der Waals surface area (Å²) < 4.78 is 0. The number of nitrogen functional groups attached to an aromatic ring is 1. The summed E-state index contributed by atoms with van der Waals surface area (Å²) in [4.78, 5) is 24.2. The number of benzene rings is 1. The van der Waals surface area contributed by atoms with Gasteiger partial charge in [-0.05, 0) is 19.8 Å². The molecule has 0 aromatic heterocycles. The van der Waals surface area contributed by atoms with Crippen LogP contribution in [0.3, 0.4) is 0 Å². The van der Waals surface area contributed by atoms with Gasteiger partial charge in [-0.3, -0.25) is 14.9 Å². The number of hydrogen-bond donors (Lipinski definition) is 2. The van der Waals surface area contributed by atoms with Crippen LogP contribution in [0.2, 0.25) is 5.02 Å². The average molecular weight is 314 g/mol. The van der Waals surface area contributed by atoms with Crippen molar-refractivity contribution in [3.63, 3.8) is 0 Å². The fourth-order valence-electron chi connectivity index (χ4n) is 2.25. The minimum atomic E-state index is -0.789. The molecular formula is C13H16ClN3O4. The number of likely N-dealkylation sites (tertiary alicyclic amines) is 1. The van der Waals surface area contributed by atoms with Crippen LogP contribution >= 0.6 is 11.6 Å². The van der Waals surface area contributed by atoms with Gasteiger partial charge in [-0.1, -0.05) is 11.6 Å². The number of nitrogens with zero attached hydrogens (tertiary/aromatic N) is 2. The molecule has 2 rings (SSSR count). The smallest absolute Gasteiger partial charge is 0.271 e. The molecule has 0 atom stereocenters. The molecule has 0 unspecified atom stereocenters. The Hall–Kier alpha value is -1.86. The van der Waals surface area contributed by atoms with Gasteiger partial charge in [0, 0.05) is 25.2 Å². The molecule has 1 heterocycles. The number of anilines is 1. The number of rotatable bonds is 2. The molecule has 0 spiro atoms. The number of halogens is 1. The van der Waals surface area contributed by atoms with E-state index in [0.29, 0.717) is 25.9 Å². The lowest BCUT2D eigenvalue weighted by atomic mass is 9.93. The number of hydrogen-bond acceptors (Lipinski definition) is 5. The van der Waals surface area contributed by atoms with E-state index in [1.807, 2.05) is 0 Å². The van der Waals surface area contributed by atoms with Gasteiger partial charge in [0.15, 0.2) is 0 Å². The number of amides is 1. The Morgan fingerprint density at radius 1 is 1.48 bits per heavy atom. The van der Waals surface area contributed by atoms with Crippen LogP contribution in [-0.2, 0) is 0 Å². The Labute approximate surface area is 126 Å². The highest BCUT2D eigenvalue weighted by Gasteiger charge is 2.31. The standard InChI is InChI=1S/C13H16ClN3O4/c1-13(19)2-4-16(5-3-13)12(18)9-6-8(17(20)21)7-10(14)11(9)15/h6-7,19H,2-5,15H2,1H3. The van der Waals surface area contributed by atoms with Crippen LogP contribution < -0.4 is 5.73 Å². The van der Waals surface area contributed by atoms with E-state index in [1.165, 1.54) is 4.90 Å². The van der Waals surface area contributed by atoms with Gasteiger partial charge in [-0.25, -0.2) is 0 Å². The second-order valence-electron chi connectivity index (χ2n) is 5.44. The Kier molecular flexibility index (Phi) is 4.06. The van der Waals surface area contributed by atoms with Crippen LogP contribution in [0.15, 0.2) is 12.1 Å². The van der Waals surface area contributed by atoms with Crippen molar-refractivity contribution < 1.29 is 14.8 Å². The molecule has 0 bridgehead atoms. The van der Waals surface area contributed by atoms with E-state index in [9.17, 15) is 20.0 Å². The van der Waals surface area contributed by atoms with Crippen molar-refractivity contribution in [1.29, 1.82) is 0 Å². The van der Waals surface area contributed by atoms with Gasteiger partial charge in [0.05, 0.1) is 26.8 Å². The number of carbonyl (C=O) groups is 1. The molecule has 0 aliphatic carbocycles. The molecule has 7 nitrogen and oxygen atoms in total. The molecule has 1 amide bonds. The van der Waals surface area contributed by atoms with Crippen LogP contribution in [0.4, 0.5) is 11.4 Å². The number of non-ortho nitro benzene ring substituents is 1. The molecule has 1 fully saturated rings. The minimum absolute atomic E-state index is 0.0171. The van der Waals surface area contributed by atoms with E-state index < -0.39 is 16.4 Å². The summed E-state index contributed by atoms with van der Waals surface area (Å²) in [7, 11) is 0. The Morgan fingerprint density at radius 3 is 2.57 bits per heavy atom.